The van der Waals surface area contributed by atoms with Crippen LogP contribution in [-0.2, 0) is 9.31 Å². The summed E-state index contributed by atoms with van der Waals surface area (Å²) in [5, 5.41) is 0. The Hall–Kier alpha value is -1.73. The third kappa shape index (κ3) is 2.34. The first-order valence-electron chi connectivity index (χ1n) is 7.23. The van der Waals surface area contributed by atoms with Crippen molar-refractivity contribution in [3.8, 4) is 5.82 Å². The summed E-state index contributed by atoms with van der Waals surface area (Å²) in [6.07, 6.45) is 4.65. The van der Waals surface area contributed by atoms with Gasteiger partial charge in [-0.3, -0.25) is 4.57 Å². The lowest BCUT2D eigenvalue weighted by atomic mass is 9.79. The second kappa shape index (κ2) is 4.89. The fourth-order valence-corrected chi connectivity index (χ4v) is 2.35. The standard InChI is InChI=1S/C15H19BFN3O2/c1-10-18-6-7-20(10)13-8-11(12(17)9-19-13)16-21-14(2,3)15(4,5)22-16/h6-9H,1-5H3. The lowest BCUT2D eigenvalue weighted by molar-refractivity contribution is 0.00578. The lowest BCUT2D eigenvalue weighted by Gasteiger charge is -2.32. The molecule has 1 aliphatic heterocycles. The number of aryl methyl sites for hydroxylation is 1. The van der Waals surface area contributed by atoms with Crippen LogP contribution in [0.2, 0.25) is 0 Å². The first-order chi connectivity index (χ1) is 10.2. The molecule has 5 nitrogen and oxygen atoms in total. The molecule has 116 valence electrons. The van der Waals surface area contributed by atoms with E-state index in [1.807, 2.05) is 34.6 Å². The minimum absolute atomic E-state index is 0.344. The number of hydrogen-bond donors (Lipinski definition) is 0. The Bertz CT molecular complexity index is 699. The molecular formula is C15H19BFN3O2. The Morgan fingerprint density at radius 1 is 1.14 bits per heavy atom. The quantitative estimate of drug-likeness (QED) is 0.796. The highest BCUT2D eigenvalue weighted by Crippen LogP contribution is 2.36. The van der Waals surface area contributed by atoms with Gasteiger partial charge in [-0.15, -0.1) is 0 Å². The van der Waals surface area contributed by atoms with Crippen LogP contribution in [0.1, 0.15) is 33.5 Å². The maximum Gasteiger partial charge on any atom is 0.498 e. The Labute approximate surface area is 129 Å². The van der Waals surface area contributed by atoms with Gasteiger partial charge in [0, 0.05) is 17.9 Å². The Balaban J connectivity index is 2.00. The molecule has 0 spiro atoms. The van der Waals surface area contributed by atoms with Crippen LogP contribution in [-0.4, -0.2) is 32.9 Å². The van der Waals surface area contributed by atoms with Crippen molar-refractivity contribution in [2.75, 3.05) is 0 Å². The minimum atomic E-state index is -0.754. The highest BCUT2D eigenvalue weighted by Gasteiger charge is 2.52. The molecule has 3 heterocycles. The molecule has 7 heteroatoms. The van der Waals surface area contributed by atoms with E-state index in [4.69, 9.17) is 9.31 Å². The van der Waals surface area contributed by atoms with Crippen molar-refractivity contribution in [2.24, 2.45) is 0 Å². The molecule has 2 aromatic heterocycles. The van der Waals surface area contributed by atoms with Gasteiger partial charge >= 0.3 is 7.12 Å². The van der Waals surface area contributed by atoms with E-state index in [9.17, 15) is 4.39 Å². The molecule has 0 N–H and O–H groups in total. The molecule has 0 aromatic carbocycles. The Morgan fingerprint density at radius 2 is 1.77 bits per heavy atom. The fourth-order valence-electron chi connectivity index (χ4n) is 2.35. The zero-order valence-corrected chi connectivity index (χ0v) is 13.4. The SMILES string of the molecule is Cc1nccn1-c1cc(B2OC(C)(C)C(C)(C)O2)c(F)cn1. The average Bonchev–Trinajstić information content (AvgIpc) is 2.92. The molecule has 1 fully saturated rings. The zero-order chi connectivity index (χ0) is 16.1. The predicted octanol–water partition coefficient (Wildman–Crippen LogP) is 2.01. The molecule has 0 bridgehead atoms. The van der Waals surface area contributed by atoms with Crippen LogP contribution in [0.5, 0.6) is 0 Å². The van der Waals surface area contributed by atoms with Crippen molar-refractivity contribution in [1.29, 1.82) is 0 Å². The third-order valence-electron chi connectivity index (χ3n) is 4.45. The van der Waals surface area contributed by atoms with Crippen molar-refractivity contribution in [2.45, 2.75) is 45.8 Å². The molecule has 0 atom stereocenters. The smallest absolute Gasteiger partial charge is 0.399 e. The van der Waals surface area contributed by atoms with E-state index in [1.54, 1.807) is 23.0 Å². The van der Waals surface area contributed by atoms with Crippen molar-refractivity contribution in [1.82, 2.24) is 14.5 Å². The Kier molecular flexibility index (Phi) is 3.38. The summed E-state index contributed by atoms with van der Waals surface area (Å²) in [6.45, 7) is 9.61. The van der Waals surface area contributed by atoms with Gasteiger partial charge in [0.1, 0.15) is 17.5 Å². The van der Waals surface area contributed by atoms with Gasteiger partial charge in [-0.2, -0.15) is 0 Å². The number of imidazole rings is 1. The van der Waals surface area contributed by atoms with E-state index in [0.717, 1.165) is 5.82 Å². The van der Waals surface area contributed by atoms with Crippen LogP contribution < -0.4 is 5.46 Å². The molecule has 1 saturated heterocycles. The zero-order valence-electron chi connectivity index (χ0n) is 13.4. The molecule has 3 rings (SSSR count). The van der Waals surface area contributed by atoms with Gasteiger partial charge in [-0.05, 0) is 40.7 Å². The summed E-state index contributed by atoms with van der Waals surface area (Å²) >= 11 is 0. The van der Waals surface area contributed by atoms with Crippen LogP contribution in [0.3, 0.4) is 0 Å². The minimum Gasteiger partial charge on any atom is -0.399 e. The van der Waals surface area contributed by atoms with Crippen molar-refractivity contribution in [3.05, 3.63) is 36.3 Å². The van der Waals surface area contributed by atoms with E-state index in [-0.39, 0.29) is 0 Å². The normalized spacial score (nSPS) is 19.6. The summed E-state index contributed by atoms with van der Waals surface area (Å²) in [7, 11) is -0.754. The predicted molar refractivity (Wildman–Crippen MR) is 81.8 cm³/mol. The molecule has 22 heavy (non-hydrogen) atoms. The van der Waals surface area contributed by atoms with Gasteiger partial charge in [0.05, 0.1) is 17.4 Å². The maximum absolute atomic E-state index is 14.2. The molecule has 1 aliphatic rings. The first kappa shape index (κ1) is 15.2. The Morgan fingerprint density at radius 3 is 2.32 bits per heavy atom. The summed E-state index contributed by atoms with van der Waals surface area (Å²) in [4.78, 5) is 8.28. The van der Waals surface area contributed by atoms with Crippen LogP contribution in [0, 0.1) is 12.7 Å². The van der Waals surface area contributed by atoms with E-state index in [1.165, 1.54) is 6.20 Å². The number of nitrogens with zero attached hydrogens (tertiary/aromatic N) is 3. The molecule has 0 aliphatic carbocycles. The molecular weight excluding hydrogens is 284 g/mol. The monoisotopic (exact) mass is 303 g/mol. The topological polar surface area (TPSA) is 49.2 Å². The van der Waals surface area contributed by atoms with Gasteiger partial charge < -0.3 is 9.31 Å². The fraction of sp³-hybridized carbons (Fsp3) is 0.467. The summed E-state index contributed by atoms with van der Waals surface area (Å²) in [5.41, 5.74) is -0.687. The van der Waals surface area contributed by atoms with Gasteiger partial charge in [-0.25, -0.2) is 14.4 Å². The van der Waals surface area contributed by atoms with Crippen LogP contribution in [0.15, 0.2) is 24.7 Å². The summed E-state index contributed by atoms with van der Waals surface area (Å²) < 4.78 is 27.8. The number of aromatic nitrogens is 3. The maximum atomic E-state index is 14.2. The second-order valence-electron chi connectivity index (χ2n) is 6.50. The lowest BCUT2D eigenvalue weighted by Crippen LogP contribution is -2.41. The molecule has 0 unspecified atom stereocenters. The summed E-state index contributed by atoms with van der Waals surface area (Å²) in [5.74, 6) is 0.917. The molecule has 2 aromatic rings. The molecule has 0 radical (unpaired) electrons. The highest BCUT2D eigenvalue weighted by molar-refractivity contribution is 6.62. The largest absolute Gasteiger partial charge is 0.498 e. The highest BCUT2D eigenvalue weighted by atomic mass is 19.1. The average molecular weight is 303 g/mol. The van der Waals surface area contributed by atoms with Crippen molar-refractivity contribution in [3.63, 3.8) is 0 Å². The number of halogens is 1. The summed E-state index contributed by atoms with van der Waals surface area (Å²) in [6, 6.07) is 1.64. The van der Waals surface area contributed by atoms with E-state index < -0.39 is 24.1 Å². The number of pyridine rings is 1. The second-order valence-corrected chi connectivity index (χ2v) is 6.50. The first-order valence-corrected chi connectivity index (χ1v) is 7.23. The van der Waals surface area contributed by atoms with Gasteiger partial charge in [0.2, 0.25) is 0 Å². The van der Waals surface area contributed by atoms with Gasteiger partial charge in [-0.1, -0.05) is 0 Å². The van der Waals surface area contributed by atoms with Crippen molar-refractivity contribution < 1.29 is 13.7 Å². The van der Waals surface area contributed by atoms with Gasteiger partial charge in [0.25, 0.3) is 0 Å². The van der Waals surface area contributed by atoms with E-state index in [2.05, 4.69) is 9.97 Å². The molecule has 0 saturated carbocycles. The van der Waals surface area contributed by atoms with Crippen LogP contribution in [0.4, 0.5) is 4.39 Å². The van der Waals surface area contributed by atoms with Crippen molar-refractivity contribution >= 4 is 12.6 Å². The van der Waals surface area contributed by atoms with E-state index in [0.29, 0.717) is 11.3 Å². The van der Waals surface area contributed by atoms with Crippen LogP contribution in [0.25, 0.3) is 5.82 Å². The number of rotatable bonds is 2. The third-order valence-corrected chi connectivity index (χ3v) is 4.45. The number of hydrogen-bond acceptors (Lipinski definition) is 4. The van der Waals surface area contributed by atoms with Gasteiger partial charge in [0.15, 0.2) is 0 Å². The van der Waals surface area contributed by atoms with Crippen LogP contribution >= 0.6 is 0 Å². The van der Waals surface area contributed by atoms with E-state index >= 15 is 0 Å². The molecule has 0 amide bonds.